The molecule has 9 nitrogen and oxygen atoms in total. The molecule has 0 aromatic heterocycles. The van der Waals surface area contributed by atoms with E-state index in [2.05, 4.69) is 98.9 Å². The number of allylic oxidation sites excluding steroid dienone is 14. The first-order valence-electron chi connectivity index (χ1n) is 31.7. The second-order valence-corrected chi connectivity index (χ2v) is 22.3. The molecule has 0 bridgehead atoms. The van der Waals surface area contributed by atoms with Gasteiger partial charge in [-0.2, -0.15) is 0 Å². The highest BCUT2D eigenvalue weighted by atomic mass is 16.7. The number of carboxylic acid groups (broad SMARTS) is 1. The summed E-state index contributed by atoms with van der Waals surface area (Å²) in [5.41, 5.74) is 0. The molecule has 0 aromatic rings. The monoisotopic (exact) mass is 1080 g/mol. The number of carbonyl (C=O) groups excluding carboxylic acids is 3. The fourth-order valence-electron chi connectivity index (χ4n) is 8.84. The summed E-state index contributed by atoms with van der Waals surface area (Å²) in [5, 5.41) is 11.8. The van der Waals surface area contributed by atoms with E-state index in [0.717, 1.165) is 96.3 Å². The summed E-state index contributed by atoms with van der Waals surface area (Å²) in [6.07, 6.45) is 75.3. The lowest BCUT2D eigenvalue weighted by atomic mass is 10.0. The molecule has 9 heteroatoms. The van der Waals surface area contributed by atoms with Crippen LogP contribution in [0, 0.1) is 0 Å². The second kappa shape index (κ2) is 58.6. The SMILES string of the molecule is CC/C=C\C/C=C\C/C=C\C/C=C\CCCCCCCCCCCCCCCCCCCCCCCCCCC(=O)OC(COC(=O)CCCCCCC/C=C\C/C=C\C/C=C\CC)COC(OCC[N+](C)(C)C)C(=O)[O-]. The molecule has 0 spiro atoms. The molecule has 2 atom stereocenters. The summed E-state index contributed by atoms with van der Waals surface area (Å²) in [5.74, 6) is -2.30. The Kier molecular flexibility index (Phi) is 55.9. The first-order chi connectivity index (χ1) is 37.6. The van der Waals surface area contributed by atoms with E-state index in [1.54, 1.807) is 0 Å². The van der Waals surface area contributed by atoms with Crippen LogP contribution in [0.1, 0.15) is 271 Å². The van der Waals surface area contributed by atoms with Crippen LogP contribution in [0.25, 0.3) is 0 Å². The summed E-state index contributed by atoms with van der Waals surface area (Å²) in [4.78, 5) is 37.3. The number of hydrogen-bond acceptors (Lipinski definition) is 8. The molecule has 0 aliphatic heterocycles. The predicted octanol–water partition coefficient (Wildman–Crippen LogP) is 17.8. The number of rotatable bonds is 58. The largest absolute Gasteiger partial charge is 0.545 e. The molecular weight excluding hydrogens is 959 g/mol. The van der Waals surface area contributed by atoms with Crippen molar-refractivity contribution in [3.05, 3.63) is 85.1 Å². The normalized spacial score (nSPS) is 13.3. The molecule has 0 N–H and O–H groups in total. The lowest BCUT2D eigenvalue weighted by Gasteiger charge is -2.26. The van der Waals surface area contributed by atoms with Crippen LogP contribution in [0.3, 0.4) is 0 Å². The van der Waals surface area contributed by atoms with E-state index < -0.39 is 24.3 Å². The van der Waals surface area contributed by atoms with Gasteiger partial charge in [0.2, 0.25) is 0 Å². The Balaban J connectivity index is 4.01. The van der Waals surface area contributed by atoms with Crippen LogP contribution in [0.15, 0.2) is 85.1 Å². The lowest BCUT2D eigenvalue weighted by Crippen LogP contribution is -2.44. The van der Waals surface area contributed by atoms with Gasteiger partial charge in [-0.3, -0.25) is 9.59 Å². The lowest BCUT2D eigenvalue weighted by molar-refractivity contribution is -0.870. The zero-order chi connectivity index (χ0) is 56.2. The Labute approximate surface area is 474 Å². The number of ether oxygens (including phenoxy) is 4. The Bertz CT molecular complexity index is 1540. The minimum atomic E-state index is -1.63. The number of carbonyl (C=O) groups is 3. The smallest absolute Gasteiger partial charge is 0.306 e. The Morgan fingerprint density at radius 1 is 0.390 bits per heavy atom. The number of quaternary nitrogens is 1. The van der Waals surface area contributed by atoms with E-state index in [4.69, 9.17) is 18.9 Å². The summed E-state index contributed by atoms with van der Waals surface area (Å²) in [6.45, 7) is 4.52. The maximum Gasteiger partial charge on any atom is 0.306 e. The van der Waals surface area contributed by atoms with Crippen molar-refractivity contribution in [1.29, 1.82) is 0 Å². The van der Waals surface area contributed by atoms with Gasteiger partial charge in [-0.15, -0.1) is 0 Å². The van der Waals surface area contributed by atoms with Crippen LogP contribution >= 0.6 is 0 Å². The number of likely N-dealkylation sites (N-methyl/N-ethyl adjacent to an activating group) is 1. The van der Waals surface area contributed by atoms with Crippen molar-refractivity contribution in [2.75, 3.05) is 47.5 Å². The van der Waals surface area contributed by atoms with Crippen molar-refractivity contribution in [3.63, 3.8) is 0 Å². The number of hydrogen-bond donors (Lipinski definition) is 0. The molecule has 77 heavy (non-hydrogen) atoms. The van der Waals surface area contributed by atoms with Gasteiger partial charge in [0.05, 0.1) is 40.3 Å². The van der Waals surface area contributed by atoms with Gasteiger partial charge in [-0.1, -0.05) is 259 Å². The van der Waals surface area contributed by atoms with Gasteiger partial charge in [0.1, 0.15) is 13.2 Å². The topological polar surface area (TPSA) is 111 Å². The molecule has 2 unspecified atom stereocenters. The number of nitrogens with zero attached hydrogens (tertiary/aromatic N) is 1. The number of carboxylic acids is 1. The molecule has 444 valence electrons. The third-order valence-corrected chi connectivity index (χ3v) is 13.6. The maximum atomic E-state index is 12.9. The van der Waals surface area contributed by atoms with E-state index in [-0.39, 0.29) is 38.6 Å². The molecule has 0 aromatic carbocycles. The highest BCUT2D eigenvalue weighted by Crippen LogP contribution is 2.17. The third kappa shape index (κ3) is 60.0. The highest BCUT2D eigenvalue weighted by Gasteiger charge is 2.22. The Morgan fingerprint density at radius 3 is 1.04 bits per heavy atom. The first-order valence-corrected chi connectivity index (χ1v) is 31.7. The molecule has 0 aliphatic rings. The van der Waals surface area contributed by atoms with Crippen molar-refractivity contribution in [3.8, 4) is 0 Å². The maximum absolute atomic E-state index is 12.9. The summed E-state index contributed by atoms with van der Waals surface area (Å²) >= 11 is 0. The minimum Gasteiger partial charge on any atom is -0.545 e. The van der Waals surface area contributed by atoms with Crippen LogP contribution in [0.5, 0.6) is 0 Å². The highest BCUT2D eigenvalue weighted by molar-refractivity contribution is 5.70. The van der Waals surface area contributed by atoms with Gasteiger partial charge in [0.15, 0.2) is 12.4 Å². The van der Waals surface area contributed by atoms with Crippen LogP contribution in [0.4, 0.5) is 0 Å². The van der Waals surface area contributed by atoms with Crippen molar-refractivity contribution >= 4 is 17.9 Å². The predicted molar refractivity (Wildman–Crippen MR) is 324 cm³/mol. The van der Waals surface area contributed by atoms with Crippen LogP contribution < -0.4 is 5.11 Å². The van der Waals surface area contributed by atoms with E-state index >= 15 is 0 Å². The van der Waals surface area contributed by atoms with Crippen molar-refractivity contribution in [2.45, 2.75) is 283 Å². The third-order valence-electron chi connectivity index (χ3n) is 13.6. The average Bonchev–Trinajstić information content (AvgIpc) is 3.40. The first kappa shape index (κ1) is 73.5. The molecule has 0 fully saturated rings. The van der Waals surface area contributed by atoms with Crippen molar-refractivity contribution in [2.24, 2.45) is 0 Å². The Morgan fingerprint density at radius 2 is 0.701 bits per heavy atom. The van der Waals surface area contributed by atoms with Gasteiger partial charge in [0, 0.05) is 12.8 Å². The van der Waals surface area contributed by atoms with Crippen LogP contribution in [-0.2, 0) is 33.3 Å². The van der Waals surface area contributed by atoms with Crippen molar-refractivity contribution < 1.29 is 42.9 Å². The van der Waals surface area contributed by atoms with Crippen LogP contribution in [0.2, 0.25) is 0 Å². The molecule has 0 saturated carbocycles. The average molecular weight is 1080 g/mol. The standard InChI is InChI=1S/C68H119NO8/c1-6-8-10-12-14-16-18-20-22-23-24-25-26-27-28-29-30-31-32-33-34-35-36-37-38-39-40-41-42-43-45-47-49-51-53-55-57-59-66(71)77-64(63-76-68(67(72)73)74-61-60-69(3,4)5)62-75-65(70)58-56-54-52-50-48-46-44-21-19-17-15-13-11-9-7-2/h8-11,14-17,20-22,24-25,44,64,68H,6-7,12-13,18-19,23,26-43,45-63H2,1-5H3/b10-8-,11-9-,16-14-,17-15-,22-20-,25-24-,44-21-. The van der Waals surface area contributed by atoms with E-state index in [0.29, 0.717) is 17.4 Å². The zero-order valence-electron chi connectivity index (χ0n) is 50.6. The van der Waals surface area contributed by atoms with Crippen LogP contribution in [-0.4, -0.2) is 82.3 Å². The van der Waals surface area contributed by atoms with Crippen molar-refractivity contribution in [1.82, 2.24) is 0 Å². The summed E-state index contributed by atoms with van der Waals surface area (Å²) in [7, 11) is 5.92. The number of aliphatic carboxylic acids is 1. The molecule has 0 amide bonds. The van der Waals surface area contributed by atoms with Gasteiger partial charge in [-0.05, 0) is 83.5 Å². The molecule has 0 saturated heterocycles. The number of unbranched alkanes of at least 4 members (excludes halogenated alkanes) is 29. The number of esters is 2. The van der Waals surface area contributed by atoms with Gasteiger partial charge >= 0.3 is 11.9 Å². The summed E-state index contributed by atoms with van der Waals surface area (Å²) < 4.78 is 22.7. The molecule has 0 radical (unpaired) electrons. The Hall–Kier alpha value is -3.53. The van der Waals surface area contributed by atoms with E-state index in [1.165, 1.54) is 141 Å². The minimum absolute atomic E-state index is 0.143. The van der Waals surface area contributed by atoms with E-state index in [9.17, 15) is 19.5 Å². The molecular formula is C68H119NO8. The fourth-order valence-corrected chi connectivity index (χ4v) is 8.84. The quantitative estimate of drug-likeness (QED) is 0.0195. The molecule has 0 heterocycles. The zero-order valence-corrected chi connectivity index (χ0v) is 50.6. The second-order valence-electron chi connectivity index (χ2n) is 22.3. The van der Waals surface area contributed by atoms with Gasteiger partial charge in [0.25, 0.3) is 0 Å². The van der Waals surface area contributed by atoms with E-state index in [1.807, 2.05) is 21.1 Å². The molecule has 0 aliphatic carbocycles. The van der Waals surface area contributed by atoms with Gasteiger partial charge < -0.3 is 33.3 Å². The molecule has 0 rings (SSSR count). The van der Waals surface area contributed by atoms with Gasteiger partial charge in [-0.25, -0.2) is 0 Å². The fraction of sp³-hybridized carbons (Fsp3) is 0.750. The summed E-state index contributed by atoms with van der Waals surface area (Å²) in [6, 6.07) is 0.